The van der Waals surface area contributed by atoms with Gasteiger partial charge >= 0.3 is 11.9 Å². The molecule has 8 heteroatoms. The Labute approximate surface area is 378 Å². The molecule has 0 aliphatic carbocycles. The summed E-state index contributed by atoms with van der Waals surface area (Å²) in [6, 6.07) is -0.720. The number of carbonyl (C=O) groups excluding carboxylic acids is 3. The summed E-state index contributed by atoms with van der Waals surface area (Å²) in [7, 11) is 5.43. The van der Waals surface area contributed by atoms with Gasteiger partial charge in [0.1, 0.15) is 12.6 Å². The number of carboxylic acids is 1. The highest BCUT2D eigenvalue weighted by Gasteiger charge is 2.25. The SMILES string of the molecule is CCCCCCCCCCCCCCCCCCCCCC(=O)OCC(COCCC(C(=O)[O-])[N+](C)(C)C)OC(=O)CCCCCCCCCCCCCCCCCCCC. The molecule has 362 valence electrons. The van der Waals surface area contributed by atoms with Crippen molar-refractivity contribution in [1.29, 1.82) is 0 Å². The predicted octanol–water partition coefficient (Wildman–Crippen LogP) is 13.9. The molecule has 0 fully saturated rings. The molecule has 8 nitrogen and oxygen atoms in total. The number of likely N-dealkylation sites (N-methyl/N-ethyl adjacent to an activating group) is 1. The lowest BCUT2D eigenvalue weighted by Crippen LogP contribution is -2.55. The lowest BCUT2D eigenvalue weighted by atomic mass is 10.0. The molecule has 0 saturated carbocycles. The average Bonchev–Trinajstić information content (AvgIpc) is 3.22. The number of hydrogen-bond acceptors (Lipinski definition) is 7. The van der Waals surface area contributed by atoms with Crippen molar-refractivity contribution in [2.75, 3.05) is 41.0 Å². The number of unbranched alkanes of at least 4 members (excludes halogenated alkanes) is 35. The summed E-state index contributed by atoms with van der Waals surface area (Å²) < 4.78 is 17.3. The number of carboxylic acid groups (broad SMARTS) is 1. The molecular weight excluding hydrogens is 763 g/mol. The number of aliphatic carboxylic acids is 1. The summed E-state index contributed by atoms with van der Waals surface area (Å²) in [5, 5.41) is 11.7. The first-order valence-corrected chi connectivity index (χ1v) is 26.6. The van der Waals surface area contributed by atoms with E-state index in [1.54, 1.807) is 0 Å². The van der Waals surface area contributed by atoms with Gasteiger partial charge in [0.25, 0.3) is 0 Å². The Kier molecular flexibility index (Phi) is 43.7. The van der Waals surface area contributed by atoms with Crippen LogP contribution >= 0.6 is 0 Å². The maximum Gasteiger partial charge on any atom is 0.306 e. The molecule has 0 radical (unpaired) electrons. The van der Waals surface area contributed by atoms with Crippen LogP contribution in [0.1, 0.15) is 271 Å². The van der Waals surface area contributed by atoms with Crippen molar-refractivity contribution in [3.05, 3.63) is 0 Å². The Morgan fingerprint density at radius 1 is 0.426 bits per heavy atom. The minimum Gasteiger partial charge on any atom is -0.544 e. The summed E-state index contributed by atoms with van der Waals surface area (Å²) >= 11 is 0. The fourth-order valence-electron chi connectivity index (χ4n) is 8.37. The normalized spacial score (nSPS) is 12.7. The third kappa shape index (κ3) is 43.4. The van der Waals surface area contributed by atoms with Crippen LogP contribution in [-0.2, 0) is 28.6 Å². The Bertz CT molecular complexity index is 967. The summed E-state index contributed by atoms with van der Waals surface area (Å²) in [6.07, 6.45) is 48.4. The largest absolute Gasteiger partial charge is 0.544 e. The van der Waals surface area contributed by atoms with Gasteiger partial charge in [-0.3, -0.25) is 9.59 Å². The number of carbonyl (C=O) groups is 3. The van der Waals surface area contributed by atoms with Gasteiger partial charge in [0.2, 0.25) is 0 Å². The van der Waals surface area contributed by atoms with E-state index < -0.39 is 18.1 Å². The molecule has 0 aliphatic rings. The zero-order chi connectivity index (χ0) is 44.9. The van der Waals surface area contributed by atoms with Gasteiger partial charge in [-0.05, 0) is 12.8 Å². The Balaban J connectivity index is 4.17. The summed E-state index contributed by atoms with van der Waals surface area (Å²) in [4.78, 5) is 37.0. The van der Waals surface area contributed by atoms with Gasteiger partial charge in [-0.2, -0.15) is 0 Å². The fourth-order valence-corrected chi connectivity index (χ4v) is 8.37. The molecule has 0 heterocycles. The van der Waals surface area contributed by atoms with E-state index in [1.807, 2.05) is 21.1 Å². The molecule has 0 saturated heterocycles. The Hall–Kier alpha value is -1.67. The maximum atomic E-state index is 12.8. The van der Waals surface area contributed by atoms with E-state index in [0.29, 0.717) is 12.8 Å². The van der Waals surface area contributed by atoms with Crippen LogP contribution in [-0.4, -0.2) is 75.5 Å². The molecule has 0 aromatic rings. The predicted molar refractivity (Wildman–Crippen MR) is 255 cm³/mol. The highest BCUT2D eigenvalue weighted by Crippen LogP contribution is 2.17. The summed E-state index contributed by atoms with van der Waals surface area (Å²) in [5.74, 6) is -1.70. The second-order valence-electron chi connectivity index (χ2n) is 19.5. The molecule has 0 aromatic heterocycles. The van der Waals surface area contributed by atoms with Gasteiger partial charge in [0, 0.05) is 19.3 Å². The molecule has 0 rings (SSSR count). The van der Waals surface area contributed by atoms with E-state index in [2.05, 4.69) is 13.8 Å². The van der Waals surface area contributed by atoms with Crippen LogP contribution in [0.15, 0.2) is 0 Å². The molecule has 0 spiro atoms. The van der Waals surface area contributed by atoms with Crippen LogP contribution in [0.5, 0.6) is 0 Å². The van der Waals surface area contributed by atoms with Gasteiger partial charge in [0.15, 0.2) is 6.10 Å². The van der Waals surface area contributed by atoms with Crippen molar-refractivity contribution < 1.29 is 38.2 Å². The third-order valence-electron chi connectivity index (χ3n) is 12.5. The maximum absolute atomic E-state index is 12.8. The molecule has 2 unspecified atom stereocenters. The first kappa shape index (κ1) is 59.3. The monoisotopic (exact) mass is 866 g/mol. The van der Waals surface area contributed by atoms with Crippen molar-refractivity contribution >= 4 is 17.9 Å². The number of esters is 2. The number of ether oxygens (including phenoxy) is 3. The molecule has 2 atom stereocenters. The minimum atomic E-state index is -1.12. The van der Waals surface area contributed by atoms with Crippen LogP contribution in [0.4, 0.5) is 0 Å². The van der Waals surface area contributed by atoms with Gasteiger partial charge in [0.05, 0.1) is 40.3 Å². The fraction of sp³-hybridized carbons (Fsp3) is 0.943. The molecule has 0 aliphatic heterocycles. The number of hydrogen-bond donors (Lipinski definition) is 0. The molecule has 0 N–H and O–H groups in total. The van der Waals surface area contributed by atoms with Gasteiger partial charge in [-0.15, -0.1) is 0 Å². The van der Waals surface area contributed by atoms with Crippen molar-refractivity contribution in [1.82, 2.24) is 0 Å². The standard InChI is InChI=1S/C53H103NO7/c1-6-8-10-12-14-16-18-20-22-24-26-28-29-31-33-35-37-39-41-43-51(55)60-48-49(47-59-46-45-50(53(57)58)54(3,4)5)61-52(56)44-42-40-38-36-34-32-30-27-25-23-21-19-17-15-13-11-9-7-2/h49-50H,6-48H2,1-5H3. The number of quaternary nitrogens is 1. The molecular formula is C53H103NO7. The van der Waals surface area contributed by atoms with E-state index in [-0.39, 0.29) is 42.7 Å². The molecule has 0 amide bonds. The van der Waals surface area contributed by atoms with E-state index in [0.717, 1.165) is 38.5 Å². The highest BCUT2D eigenvalue weighted by molar-refractivity contribution is 5.70. The van der Waals surface area contributed by atoms with Crippen LogP contribution in [0.25, 0.3) is 0 Å². The van der Waals surface area contributed by atoms with Crippen molar-refractivity contribution in [2.45, 2.75) is 283 Å². The highest BCUT2D eigenvalue weighted by atomic mass is 16.6. The summed E-state index contributed by atoms with van der Waals surface area (Å²) in [5.41, 5.74) is 0. The lowest BCUT2D eigenvalue weighted by molar-refractivity contribution is -0.889. The molecule has 0 aromatic carbocycles. The van der Waals surface area contributed by atoms with E-state index >= 15 is 0 Å². The number of nitrogens with zero attached hydrogens (tertiary/aromatic N) is 1. The Morgan fingerprint density at radius 2 is 0.721 bits per heavy atom. The Morgan fingerprint density at radius 3 is 1.02 bits per heavy atom. The van der Waals surface area contributed by atoms with Gasteiger partial charge in [-0.25, -0.2) is 0 Å². The third-order valence-corrected chi connectivity index (χ3v) is 12.5. The zero-order valence-corrected chi connectivity index (χ0v) is 41.4. The van der Waals surface area contributed by atoms with Gasteiger partial charge < -0.3 is 28.6 Å². The van der Waals surface area contributed by atoms with Crippen LogP contribution in [0, 0.1) is 0 Å². The van der Waals surface area contributed by atoms with Gasteiger partial charge in [-0.1, -0.05) is 239 Å². The molecule has 0 bridgehead atoms. The minimum absolute atomic E-state index is 0.0499. The van der Waals surface area contributed by atoms with E-state index in [4.69, 9.17) is 14.2 Å². The van der Waals surface area contributed by atoms with Crippen LogP contribution in [0.2, 0.25) is 0 Å². The quantitative estimate of drug-likeness (QED) is 0.0341. The van der Waals surface area contributed by atoms with Crippen LogP contribution < -0.4 is 5.11 Å². The lowest BCUT2D eigenvalue weighted by Gasteiger charge is -2.34. The second-order valence-corrected chi connectivity index (χ2v) is 19.5. The smallest absolute Gasteiger partial charge is 0.306 e. The zero-order valence-electron chi connectivity index (χ0n) is 41.4. The topological polar surface area (TPSA) is 102 Å². The molecule has 61 heavy (non-hydrogen) atoms. The van der Waals surface area contributed by atoms with E-state index in [1.165, 1.54) is 199 Å². The average molecular weight is 866 g/mol. The first-order chi connectivity index (χ1) is 29.6. The summed E-state index contributed by atoms with van der Waals surface area (Å²) in [6.45, 7) is 4.73. The second kappa shape index (κ2) is 44.9. The van der Waals surface area contributed by atoms with Crippen LogP contribution in [0.3, 0.4) is 0 Å². The van der Waals surface area contributed by atoms with Crippen molar-refractivity contribution in [3.63, 3.8) is 0 Å². The van der Waals surface area contributed by atoms with Crippen molar-refractivity contribution in [3.8, 4) is 0 Å². The number of rotatable bonds is 49. The van der Waals surface area contributed by atoms with Crippen molar-refractivity contribution in [2.24, 2.45) is 0 Å². The van der Waals surface area contributed by atoms with E-state index in [9.17, 15) is 19.5 Å². The first-order valence-electron chi connectivity index (χ1n) is 26.6.